The molecule has 0 saturated carbocycles. The lowest BCUT2D eigenvalue weighted by atomic mass is 10.1. The van der Waals surface area contributed by atoms with Crippen LogP contribution in [-0.2, 0) is 14.2 Å². The number of ether oxygens (including phenoxy) is 3. The molecule has 1 rings (SSSR count). The summed E-state index contributed by atoms with van der Waals surface area (Å²) < 4.78 is 15.6. The summed E-state index contributed by atoms with van der Waals surface area (Å²) >= 11 is 0. The Bertz CT molecular complexity index is 204. The predicted octanol–water partition coefficient (Wildman–Crippen LogP) is 0.476. The number of aliphatic hydroxyl groups is 1. The minimum Gasteiger partial charge on any atom is -0.385 e. The molecule has 1 N–H and O–H groups in total. The lowest BCUT2D eigenvalue weighted by molar-refractivity contribution is -0.143. The van der Waals surface area contributed by atoms with E-state index in [2.05, 4.69) is 13.2 Å². The van der Waals surface area contributed by atoms with Gasteiger partial charge < -0.3 is 19.3 Å². The van der Waals surface area contributed by atoms with Crippen LogP contribution in [0.1, 0.15) is 0 Å². The molecule has 14 heavy (non-hydrogen) atoms. The third kappa shape index (κ3) is 2.22. The zero-order chi connectivity index (χ0) is 10.6. The van der Waals surface area contributed by atoms with Gasteiger partial charge in [0.1, 0.15) is 18.3 Å². The van der Waals surface area contributed by atoms with Crippen molar-refractivity contribution >= 4 is 0 Å². The van der Waals surface area contributed by atoms with E-state index in [0.29, 0.717) is 6.61 Å². The third-order valence-electron chi connectivity index (χ3n) is 2.10. The third-order valence-corrected chi connectivity index (χ3v) is 2.10. The predicted molar refractivity (Wildman–Crippen MR) is 51.8 cm³/mol. The molecular formula is C10H16O4. The fourth-order valence-corrected chi connectivity index (χ4v) is 1.42. The molecule has 1 fully saturated rings. The highest BCUT2D eigenvalue weighted by Crippen LogP contribution is 2.24. The van der Waals surface area contributed by atoms with Crippen molar-refractivity contribution in [3.05, 3.63) is 25.3 Å². The zero-order valence-corrected chi connectivity index (χ0v) is 8.26. The van der Waals surface area contributed by atoms with E-state index in [1.165, 1.54) is 7.11 Å². The molecule has 1 aliphatic rings. The minimum atomic E-state index is -0.789. The summed E-state index contributed by atoms with van der Waals surface area (Å²) in [7, 11) is 1.48. The van der Waals surface area contributed by atoms with Gasteiger partial charge in [-0.3, -0.25) is 0 Å². The Balaban J connectivity index is 2.59. The maximum Gasteiger partial charge on any atom is 0.186 e. The Labute approximate surface area is 83.8 Å². The van der Waals surface area contributed by atoms with Gasteiger partial charge >= 0.3 is 0 Å². The van der Waals surface area contributed by atoms with Crippen molar-refractivity contribution in [3.8, 4) is 0 Å². The molecule has 1 saturated heterocycles. The second-order valence-electron chi connectivity index (χ2n) is 3.02. The van der Waals surface area contributed by atoms with Gasteiger partial charge in [0.25, 0.3) is 0 Å². The van der Waals surface area contributed by atoms with E-state index in [1.807, 2.05) is 0 Å². The first-order valence-electron chi connectivity index (χ1n) is 4.46. The summed E-state index contributed by atoms with van der Waals surface area (Å²) in [5.74, 6) is 0. The molecule has 4 heteroatoms. The van der Waals surface area contributed by atoms with E-state index in [4.69, 9.17) is 14.2 Å². The van der Waals surface area contributed by atoms with Gasteiger partial charge in [-0.15, -0.1) is 13.2 Å². The van der Waals surface area contributed by atoms with Crippen LogP contribution in [0.15, 0.2) is 25.3 Å². The lowest BCUT2D eigenvalue weighted by Crippen LogP contribution is -2.35. The molecular weight excluding hydrogens is 184 g/mol. The maximum absolute atomic E-state index is 9.72. The van der Waals surface area contributed by atoms with E-state index in [0.717, 1.165) is 0 Å². The summed E-state index contributed by atoms with van der Waals surface area (Å²) in [6, 6.07) is 0. The second kappa shape index (κ2) is 5.26. The van der Waals surface area contributed by atoms with Crippen molar-refractivity contribution in [2.45, 2.75) is 24.6 Å². The molecule has 1 aliphatic heterocycles. The van der Waals surface area contributed by atoms with E-state index < -0.39 is 18.5 Å². The summed E-state index contributed by atoms with van der Waals surface area (Å²) in [4.78, 5) is 0. The number of methoxy groups -OCH3 is 1. The summed E-state index contributed by atoms with van der Waals surface area (Å²) in [6.45, 7) is 7.51. The highest BCUT2D eigenvalue weighted by atomic mass is 16.7. The van der Waals surface area contributed by atoms with Crippen LogP contribution in [0, 0.1) is 0 Å². The first-order chi connectivity index (χ1) is 6.74. The van der Waals surface area contributed by atoms with Crippen LogP contribution < -0.4 is 0 Å². The molecule has 0 aromatic carbocycles. The SMILES string of the molecule is C=CCO[C@H]1[C@@H](O)[C@H](OC)O[C@@H]1C=C. The fraction of sp³-hybridized carbons (Fsp3) is 0.600. The van der Waals surface area contributed by atoms with Gasteiger partial charge in [-0.05, 0) is 0 Å². The highest BCUT2D eigenvalue weighted by molar-refractivity contribution is 4.97. The van der Waals surface area contributed by atoms with Gasteiger partial charge in [0.05, 0.1) is 6.61 Å². The molecule has 4 atom stereocenters. The molecule has 0 radical (unpaired) electrons. The molecule has 4 nitrogen and oxygen atoms in total. The van der Waals surface area contributed by atoms with Crippen LogP contribution in [0.5, 0.6) is 0 Å². The van der Waals surface area contributed by atoms with Crippen molar-refractivity contribution in [1.82, 2.24) is 0 Å². The van der Waals surface area contributed by atoms with Gasteiger partial charge in [-0.25, -0.2) is 0 Å². The Hall–Kier alpha value is -0.680. The van der Waals surface area contributed by atoms with E-state index in [1.54, 1.807) is 12.2 Å². The first-order valence-corrected chi connectivity index (χ1v) is 4.46. The normalized spacial score (nSPS) is 37.0. The highest BCUT2D eigenvalue weighted by Gasteiger charge is 2.43. The zero-order valence-electron chi connectivity index (χ0n) is 8.26. The van der Waals surface area contributed by atoms with Crippen molar-refractivity contribution in [2.75, 3.05) is 13.7 Å². The average molecular weight is 200 g/mol. The summed E-state index contributed by atoms with van der Waals surface area (Å²) in [5.41, 5.74) is 0. The molecule has 0 bridgehead atoms. The van der Waals surface area contributed by atoms with Gasteiger partial charge in [-0.1, -0.05) is 12.2 Å². The quantitative estimate of drug-likeness (QED) is 0.656. The Morgan fingerprint density at radius 1 is 1.50 bits per heavy atom. The number of aliphatic hydroxyl groups excluding tert-OH is 1. The van der Waals surface area contributed by atoms with Gasteiger partial charge in [0.2, 0.25) is 0 Å². The average Bonchev–Trinajstić information content (AvgIpc) is 2.52. The van der Waals surface area contributed by atoms with Gasteiger partial charge in [0, 0.05) is 7.11 Å². The van der Waals surface area contributed by atoms with Crippen molar-refractivity contribution in [3.63, 3.8) is 0 Å². The van der Waals surface area contributed by atoms with Crippen LogP contribution in [0.4, 0.5) is 0 Å². The summed E-state index contributed by atoms with van der Waals surface area (Å²) in [5, 5.41) is 9.72. The van der Waals surface area contributed by atoms with E-state index in [-0.39, 0.29) is 6.10 Å². The summed E-state index contributed by atoms with van der Waals surface area (Å²) in [6.07, 6.45) is 1.00. The smallest absolute Gasteiger partial charge is 0.186 e. The van der Waals surface area contributed by atoms with Crippen LogP contribution >= 0.6 is 0 Å². The van der Waals surface area contributed by atoms with E-state index in [9.17, 15) is 5.11 Å². The Kier molecular flexibility index (Phi) is 4.28. The topological polar surface area (TPSA) is 47.9 Å². The van der Waals surface area contributed by atoms with E-state index >= 15 is 0 Å². The standard InChI is InChI=1S/C10H16O4/c1-4-6-13-9-7(5-2)14-10(12-3)8(9)11/h4-5,7-11H,1-2,6H2,3H3/t7-,8-,9-,10-/m1/s1. The van der Waals surface area contributed by atoms with Crippen LogP contribution in [0.3, 0.4) is 0 Å². The van der Waals surface area contributed by atoms with Gasteiger partial charge in [0.15, 0.2) is 6.29 Å². The van der Waals surface area contributed by atoms with Crippen molar-refractivity contribution < 1.29 is 19.3 Å². The molecule has 80 valence electrons. The molecule has 0 spiro atoms. The molecule has 0 aliphatic carbocycles. The van der Waals surface area contributed by atoms with Crippen LogP contribution in [0.25, 0.3) is 0 Å². The van der Waals surface area contributed by atoms with Crippen LogP contribution in [0.2, 0.25) is 0 Å². The van der Waals surface area contributed by atoms with Crippen molar-refractivity contribution in [2.24, 2.45) is 0 Å². The number of rotatable bonds is 5. The monoisotopic (exact) mass is 200 g/mol. The number of hydrogen-bond donors (Lipinski definition) is 1. The Morgan fingerprint density at radius 3 is 2.71 bits per heavy atom. The first kappa shape index (κ1) is 11.4. The van der Waals surface area contributed by atoms with Gasteiger partial charge in [-0.2, -0.15) is 0 Å². The number of hydrogen-bond acceptors (Lipinski definition) is 4. The molecule has 0 amide bonds. The molecule has 1 heterocycles. The second-order valence-corrected chi connectivity index (χ2v) is 3.02. The Morgan fingerprint density at radius 2 is 2.21 bits per heavy atom. The molecule has 0 aromatic rings. The maximum atomic E-state index is 9.72. The molecule has 0 aromatic heterocycles. The lowest BCUT2D eigenvalue weighted by Gasteiger charge is -2.17. The largest absolute Gasteiger partial charge is 0.385 e. The van der Waals surface area contributed by atoms with Crippen molar-refractivity contribution in [1.29, 1.82) is 0 Å². The fourth-order valence-electron chi connectivity index (χ4n) is 1.42. The van der Waals surface area contributed by atoms with Crippen LogP contribution in [-0.4, -0.2) is 43.4 Å². The minimum absolute atomic E-state index is 0.338. The molecule has 0 unspecified atom stereocenters.